The number of amides is 2. The van der Waals surface area contributed by atoms with Gasteiger partial charge in [-0.25, -0.2) is 4.79 Å². The van der Waals surface area contributed by atoms with Crippen molar-refractivity contribution in [3.63, 3.8) is 0 Å². The molecule has 2 aromatic carbocycles. The van der Waals surface area contributed by atoms with Gasteiger partial charge in [-0.3, -0.25) is 14.0 Å². The predicted octanol–water partition coefficient (Wildman–Crippen LogP) is 3.58. The van der Waals surface area contributed by atoms with Crippen LogP contribution < -0.4 is 5.32 Å². The van der Waals surface area contributed by atoms with Gasteiger partial charge in [-0.2, -0.15) is 0 Å². The molecule has 2 unspecified atom stereocenters. The molecule has 2 amide bonds. The average Bonchev–Trinajstić information content (AvgIpc) is 3.15. The largest absolute Gasteiger partial charge is 0.481 e. The van der Waals surface area contributed by atoms with Gasteiger partial charge in [0.25, 0.3) is 0 Å². The Morgan fingerprint density at radius 2 is 1.73 bits per heavy atom. The van der Waals surface area contributed by atoms with E-state index >= 15 is 0 Å². The maximum absolute atomic E-state index is 13.1. The molecule has 7 nitrogen and oxygen atoms in total. The molecule has 174 valence electrons. The normalized spacial score (nSPS) is 18.2. The van der Waals surface area contributed by atoms with Crippen LogP contribution in [0.5, 0.6) is 0 Å². The lowest BCUT2D eigenvalue weighted by Crippen LogP contribution is -2.52. The minimum atomic E-state index is -1.27. The van der Waals surface area contributed by atoms with Crippen LogP contribution in [0, 0.1) is 5.92 Å². The molecule has 0 bridgehead atoms. The Bertz CT molecular complexity index is 997. The van der Waals surface area contributed by atoms with Crippen molar-refractivity contribution in [2.24, 2.45) is 5.92 Å². The van der Waals surface area contributed by atoms with Crippen molar-refractivity contribution < 1.29 is 28.6 Å². The lowest BCUT2D eigenvalue weighted by atomic mass is 9.98. The summed E-state index contributed by atoms with van der Waals surface area (Å²) >= 11 is 0. The van der Waals surface area contributed by atoms with E-state index in [0.29, 0.717) is 19.4 Å². The number of piperidine rings is 1. The maximum atomic E-state index is 13.1. The van der Waals surface area contributed by atoms with Gasteiger partial charge in [-0.1, -0.05) is 48.5 Å². The van der Waals surface area contributed by atoms with Gasteiger partial charge in [0.15, 0.2) is 0 Å². The Hall–Kier alpha value is -3.42. The lowest BCUT2D eigenvalue weighted by Gasteiger charge is -2.33. The smallest absolute Gasteiger partial charge is 0.407 e. The molecule has 1 aliphatic carbocycles. The number of benzene rings is 2. The zero-order valence-electron chi connectivity index (χ0n) is 18.2. The zero-order chi connectivity index (χ0) is 23.4. The third-order valence-corrected chi connectivity index (χ3v) is 6.36. The van der Waals surface area contributed by atoms with E-state index in [4.69, 9.17) is 4.74 Å². The Morgan fingerprint density at radius 1 is 1.09 bits per heavy atom. The summed E-state index contributed by atoms with van der Waals surface area (Å²) in [4.78, 5) is 38.2. The number of hydrogen-bond donors (Lipinski definition) is 2. The van der Waals surface area contributed by atoms with E-state index in [2.05, 4.69) is 5.32 Å². The highest BCUT2D eigenvalue weighted by Gasteiger charge is 2.33. The molecule has 2 aliphatic rings. The fourth-order valence-corrected chi connectivity index (χ4v) is 4.77. The highest BCUT2D eigenvalue weighted by molar-refractivity contribution is 5.89. The third kappa shape index (κ3) is 4.99. The van der Waals surface area contributed by atoms with Crippen LogP contribution in [0.4, 0.5) is 9.18 Å². The molecule has 2 atom stereocenters. The highest BCUT2D eigenvalue weighted by Crippen LogP contribution is 2.44. The first kappa shape index (κ1) is 22.8. The molecule has 33 heavy (non-hydrogen) atoms. The summed E-state index contributed by atoms with van der Waals surface area (Å²) in [7, 11) is 0. The Balaban J connectivity index is 1.42. The first-order valence-electron chi connectivity index (χ1n) is 11.2. The van der Waals surface area contributed by atoms with Gasteiger partial charge < -0.3 is 20.1 Å². The van der Waals surface area contributed by atoms with Crippen molar-refractivity contribution in [1.82, 2.24) is 10.2 Å². The zero-order valence-corrected chi connectivity index (χ0v) is 18.2. The number of carboxylic acid groups (broad SMARTS) is 1. The number of ether oxygens (including phenoxy) is 1. The molecule has 0 radical (unpaired) electrons. The number of carbonyl (C=O) groups is 3. The van der Waals surface area contributed by atoms with E-state index in [1.165, 1.54) is 4.90 Å². The van der Waals surface area contributed by atoms with Gasteiger partial charge in [-0.15, -0.1) is 0 Å². The van der Waals surface area contributed by atoms with Crippen LogP contribution in [0.1, 0.15) is 36.3 Å². The third-order valence-electron chi connectivity index (χ3n) is 6.36. The van der Waals surface area contributed by atoms with Gasteiger partial charge >= 0.3 is 12.1 Å². The molecule has 1 saturated heterocycles. The second kappa shape index (κ2) is 10.0. The number of alkyl halides is 1. The number of nitrogens with zero attached hydrogens (tertiary/aromatic N) is 1. The van der Waals surface area contributed by atoms with E-state index < -0.39 is 37.1 Å². The second-order valence-corrected chi connectivity index (χ2v) is 8.57. The number of likely N-dealkylation sites (tertiary alicyclic amines) is 1. The summed E-state index contributed by atoms with van der Waals surface area (Å²) in [5.41, 5.74) is 4.28. The Labute approximate surface area is 191 Å². The number of carboxylic acids is 1. The first-order chi connectivity index (χ1) is 16.0. The average molecular weight is 454 g/mol. The second-order valence-electron chi connectivity index (χ2n) is 8.57. The van der Waals surface area contributed by atoms with Crippen LogP contribution in [-0.2, 0) is 14.3 Å². The van der Waals surface area contributed by atoms with E-state index in [1.807, 2.05) is 48.5 Å². The van der Waals surface area contributed by atoms with Crippen LogP contribution >= 0.6 is 0 Å². The topological polar surface area (TPSA) is 95.9 Å². The Kier molecular flexibility index (Phi) is 6.91. The molecule has 1 aliphatic heterocycles. The van der Waals surface area contributed by atoms with Crippen LogP contribution in [-0.4, -0.2) is 60.4 Å². The van der Waals surface area contributed by atoms with Gasteiger partial charge in [0, 0.05) is 24.9 Å². The molecular weight excluding hydrogens is 427 g/mol. The quantitative estimate of drug-likeness (QED) is 0.667. The van der Waals surface area contributed by atoms with Crippen molar-refractivity contribution >= 4 is 18.0 Å². The predicted molar refractivity (Wildman–Crippen MR) is 120 cm³/mol. The molecular formula is C25H27FN2O5. The van der Waals surface area contributed by atoms with Crippen molar-refractivity contribution in [1.29, 1.82) is 0 Å². The number of halogens is 1. The summed E-state index contributed by atoms with van der Waals surface area (Å²) in [6.45, 7) is 0.157. The number of aliphatic carboxylic acids is 1. The van der Waals surface area contributed by atoms with Crippen molar-refractivity contribution in [3.8, 4) is 11.1 Å². The number of nitrogens with one attached hydrogen (secondary N) is 1. The molecule has 4 rings (SSSR count). The van der Waals surface area contributed by atoms with E-state index in [0.717, 1.165) is 22.3 Å². The summed E-state index contributed by atoms with van der Waals surface area (Å²) in [5.74, 6) is -2.15. The monoisotopic (exact) mass is 454 g/mol. The minimum absolute atomic E-state index is 0.0570. The van der Waals surface area contributed by atoms with E-state index in [9.17, 15) is 23.9 Å². The van der Waals surface area contributed by atoms with Crippen molar-refractivity contribution in [2.75, 3.05) is 26.4 Å². The molecule has 0 saturated carbocycles. The van der Waals surface area contributed by atoms with Gasteiger partial charge in [0.1, 0.15) is 12.6 Å². The summed E-state index contributed by atoms with van der Waals surface area (Å²) in [5, 5.41) is 11.7. The number of rotatable bonds is 7. The minimum Gasteiger partial charge on any atom is -0.481 e. The molecule has 1 heterocycles. The standard InChI is InChI=1S/C25H27FN2O5/c26-13-16-6-5-11-28(14-16)24(31)22(12-23(29)30)27-25(32)33-15-21-19-9-3-1-7-17(19)18-8-2-4-10-20(18)21/h1-4,7-10,16,21-22H,5-6,11-15H2,(H,27,32)(H,29,30). The fourth-order valence-electron chi connectivity index (χ4n) is 4.77. The SMILES string of the molecule is O=C(O)CC(NC(=O)OCC1c2ccccc2-c2ccccc21)C(=O)N1CCCC(CF)C1. The van der Waals surface area contributed by atoms with Gasteiger partial charge in [0.05, 0.1) is 13.1 Å². The van der Waals surface area contributed by atoms with Crippen molar-refractivity contribution in [3.05, 3.63) is 59.7 Å². The van der Waals surface area contributed by atoms with Crippen LogP contribution in [0.3, 0.4) is 0 Å². The number of fused-ring (bicyclic) bond motifs is 3. The van der Waals surface area contributed by atoms with Crippen LogP contribution in [0.15, 0.2) is 48.5 Å². The fraction of sp³-hybridized carbons (Fsp3) is 0.400. The van der Waals surface area contributed by atoms with Gasteiger partial charge in [0.2, 0.25) is 5.91 Å². The first-order valence-corrected chi connectivity index (χ1v) is 11.2. The summed E-state index contributed by atoms with van der Waals surface area (Å²) in [6, 6.07) is 14.6. The molecule has 8 heteroatoms. The Morgan fingerprint density at radius 3 is 2.33 bits per heavy atom. The van der Waals surface area contributed by atoms with E-state index in [1.54, 1.807) is 0 Å². The molecule has 2 N–H and O–H groups in total. The van der Waals surface area contributed by atoms with E-state index in [-0.39, 0.29) is 25.0 Å². The molecule has 2 aromatic rings. The lowest BCUT2D eigenvalue weighted by molar-refractivity contribution is -0.143. The van der Waals surface area contributed by atoms with Gasteiger partial charge in [-0.05, 0) is 35.1 Å². The molecule has 0 spiro atoms. The number of hydrogen-bond acceptors (Lipinski definition) is 4. The highest BCUT2D eigenvalue weighted by atomic mass is 19.1. The number of alkyl carbamates (subject to hydrolysis) is 1. The van der Waals surface area contributed by atoms with Crippen LogP contribution in [0.2, 0.25) is 0 Å². The number of carbonyl (C=O) groups excluding carboxylic acids is 2. The molecule has 0 aromatic heterocycles. The van der Waals surface area contributed by atoms with Crippen molar-refractivity contribution in [2.45, 2.75) is 31.2 Å². The summed E-state index contributed by atoms with van der Waals surface area (Å²) in [6.07, 6.45) is -0.0929. The molecule has 1 fully saturated rings. The summed E-state index contributed by atoms with van der Waals surface area (Å²) < 4.78 is 18.5. The van der Waals surface area contributed by atoms with Crippen LogP contribution in [0.25, 0.3) is 11.1 Å². The maximum Gasteiger partial charge on any atom is 0.407 e.